The maximum absolute atomic E-state index is 5.99. The summed E-state index contributed by atoms with van der Waals surface area (Å²) < 4.78 is 5.99. The van der Waals surface area contributed by atoms with Crippen molar-refractivity contribution in [2.75, 3.05) is 4.90 Å². The number of nitrogens with zero attached hydrogens (tertiary/aromatic N) is 3. The van der Waals surface area contributed by atoms with Crippen molar-refractivity contribution < 1.29 is 24.5 Å². The van der Waals surface area contributed by atoms with E-state index in [0.29, 0.717) is 12.0 Å². The summed E-state index contributed by atoms with van der Waals surface area (Å²) in [6, 6.07) is 42.6. The van der Waals surface area contributed by atoms with Gasteiger partial charge in [0.15, 0.2) is 0 Å². The average Bonchev–Trinajstić information content (AvgIpc) is 3.67. The van der Waals surface area contributed by atoms with Gasteiger partial charge in [0.25, 0.3) is 0 Å². The molecule has 0 fully saturated rings. The molecular formula is C44H44IrN3OSi. The van der Waals surface area contributed by atoms with E-state index in [-0.39, 0.29) is 26.3 Å². The normalized spacial score (nSPS) is 14.1. The van der Waals surface area contributed by atoms with Crippen molar-refractivity contribution in [2.24, 2.45) is 5.92 Å². The first-order chi connectivity index (χ1) is 23.6. The molecule has 0 bridgehead atoms. The van der Waals surface area contributed by atoms with Crippen LogP contribution in [-0.2, 0) is 26.5 Å². The monoisotopic (exact) mass is 851 g/mol. The van der Waals surface area contributed by atoms with E-state index in [0.717, 1.165) is 50.9 Å². The van der Waals surface area contributed by atoms with Gasteiger partial charge in [0.05, 0.1) is 8.07 Å². The first kappa shape index (κ1) is 35.6. The quantitative estimate of drug-likeness (QED) is 0.124. The Morgan fingerprint density at radius 1 is 0.820 bits per heavy atom. The minimum atomic E-state index is -1.34. The molecule has 1 aliphatic rings. The molecule has 1 unspecified atom stereocenters. The van der Waals surface area contributed by atoms with Crippen LogP contribution in [-0.4, -0.2) is 19.1 Å². The van der Waals surface area contributed by atoms with E-state index in [1.54, 1.807) is 0 Å². The summed E-state index contributed by atoms with van der Waals surface area (Å²) in [4.78, 5) is 7.08. The number of furan rings is 1. The van der Waals surface area contributed by atoms with Crippen molar-refractivity contribution in [1.29, 1.82) is 0 Å². The third kappa shape index (κ3) is 7.03. The van der Waals surface area contributed by atoms with Gasteiger partial charge in [0.1, 0.15) is 5.58 Å². The van der Waals surface area contributed by atoms with Gasteiger partial charge in [-0.25, -0.2) is 0 Å². The van der Waals surface area contributed by atoms with Gasteiger partial charge >= 0.3 is 20.1 Å². The van der Waals surface area contributed by atoms with Gasteiger partial charge < -0.3 is 19.6 Å². The molecule has 4 nitrogen and oxygen atoms in total. The van der Waals surface area contributed by atoms with Crippen molar-refractivity contribution in [3.8, 4) is 11.3 Å². The van der Waals surface area contributed by atoms with Crippen LogP contribution < -0.4 is 10.1 Å². The summed E-state index contributed by atoms with van der Waals surface area (Å²) in [6.07, 6.45) is 3.15. The summed E-state index contributed by atoms with van der Waals surface area (Å²) in [7, 11) is -1.34. The average molecular weight is 851 g/mol. The van der Waals surface area contributed by atoms with Crippen LogP contribution in [0.15, 0.2) is 114 Å². The molecular weight excluding hydrogens is 807 g/mol. The number of para-hydroxylation sites is 1. The maximum Gasteiger partial charge on any atom is 3.00 e. The second-order valence-corrected chi connectivity index (χ2v) is 19.8. The minimum absolute atomic E-state index is 0. The summed E-state index contributed by atoms with van der Waals surface area (Å²) >= 11 is 0. The molecule has 50 heavy (non-hydrogen) atoms. The number of hydrogen-bond acceptors (Lipinski definition) is 3. The molecule has 8 rings (SSSR count). The van der Waals surface area contributed by atoms with Crippen LogP contribution in [0.3, 0.4) is 0 Å². The maximum atomic E-state index is 5.99. The van der Waals surface area contributed by atoms with Crippen LogP contribution in [0.5, 0.6) is 0 Å². The van der Waals surface area contributed by atoms with Crippen molar-refractivity contribution in [3.63, 3.8) is 0 Å². The van der Waals surface area contributed by atoms with Gasteiger partial charge in [-0.05, 0) is 66.1 Å². The Kier molecular flexibility index (Phi) is 10.4. The zero-order valence-electron chi connectivity index (χ0n) is 29.9. The second-order valence-electron chi connectivity index (χ2n) is 14.8. The number of hydrogen-bond donors (Lipinski definition) is 0. The smallest absolute Gasteiger partial charge is 0.661 e. The van der Waals surface area contributed by atoms with E-state index >= 15 is 0 Å². The molecule has 0 radical (unpaired) electrons. The van der Waals surface area contributed by atoms with E-state index in [9.17, 15) is 0 Å². The largest absolute Gasteiger partial charge is 3.00 e. The molecule has 1 aliphatic heterocycles. The Balaban J connectivity index is 0.000000182. The molecule has 0 amide bonds. The molecule has 254 valence electrons. The number of pyridine rings is 1. The van der Waals surface area contributed by atoms with Gasteiger partial charge in [0, 0.05) is 28.9 Å². The van der Waals surface area contributed by atoms with Crippen LogP contribution in [0, 0.1) is 18.1 Å². The van der Waals surface area contributed by atoms with Gasteiger partial charge in [0.2, 0.25) is 0 Å². The predicted molar refractivity (Wildman–Crippen MR) is 210 cm³/mol. The van der Waals surface area contributed by atoms with Crippen LogP contribution in [0.25, 0.3) is 49.3 Å². The van der Waals surface area contributed by atoms with Gasteiger partial charge in [-0.2, -0.15) is 17.7 Å². The molecule has 0 aliphatic carbocycles. The molecule has 1 atom stereocenters. The summed E-state index contributed by atoms with van der Waals surface area (Å²) in [5.74, 6) is 0.667. The molecule has 5 aromatic carbocycles. The number of benzene rings is 5. The molecule has 0 N–H and O–H groups in total. The molecule has 2 aromatic heterocycles. The van der Waals surface area contributed by atoms with Gasteiger partial charge in [-0.15, -0.1) is 47.6 Å². The van der Waals surface area contributed by atoms with Crippen molar-refractivity contribution in [3.05, 3.63) is 138 Å². The van der Waals surface area contributed by atoms with Crippen LogP contribution >= 0.6 is 0 Å². The number of fused-ring (bicyclic) bond motifs is 6. The van der Waals surface area contributed by atoms with Gasteiger partial charge in [-0.3, -0.25) is 0 Å². The first-order valence-corrected chi connectivity index (χ1v) is 20.9. The third-order valence-electron chi connectivity index (χ3n) is 9.25. The van der Waals surface area contributed by atoms with Crippen LogP contribution in [0.2, 0.25) is 19.6 Å². The first-order valence-electron chi connectivity index (χ1n) is 17.4. The zero-order chi connectivity index (χ0) is 34.3. The summed E-state index contributed by atoms with van der Waals surface area (Å²) in [5, 5.41) is 11.4. The molecule has 0 spiro atoms. The Morgan fingerprint density at radius 2 is 1.56 bits per heavy atom. The number of rotatable bonds is 6. The second kappa shape index (κ2) is 14.6. The predicted octanol–water partition coefficient (Wildman–Crippen LogP) is 11.8. The Labute approximate surface area is 311 Å². The van der Waals surface area contributed by atoms with Crippen LogP contribution in [0.4, 0.5) is 11.4 Å². The van der Waals surface area contributed by atoms with E-state index in [1.165, 1.54) is 27.2 Å². The number of aromatic nitrogens is 1. The van der Waals surface area contributed by atoms with Crippen molar-refractivity contribution in [1.82, 2.24) is 4.98 Å². The minimum Gasteiger partial charge on any atom is -0.661 e. The van der Waals surface area contributed by atoms with E-state index < -0.39 is 8.07 Å². The zero-order valence-corrected chi connectivity index (χ0v) is 33.3. The molecule has 0 saturated heterocycles. The van der Waals surface area contributed by atoms with Crippen LogP contribution in [0.1, 0.15) is 45.0 Å². The Bertz CT molecular complexity index is 2250. The molecule has 7 aromatic rings. The fourth-order valence-electron chi connectivity index (χ4n) is 7.00. The Morgan fingerprint density at radius 3 is 2.28 bits per heavy atom. The molecule has 3 heterocycles. The van der Waals surface area contributed by atoms with Gasteiger partial charge in [-0.1, -0.05) is 99.0 Å². The van der Waals surface area contributed by atoms with Crippen molar-refractivity contribution >= 4 is 57.3 Å². The number of anilines is 1. The topological polar surface area (TPSA) is 43.4 Å². The van der Waals surface area contributed by atoms with E-state index in [4.69, 9.17) is 9.73 Å². The summed E-state index contributed by atoms with van der Waals surface area (Å²) in [5.41, 5.74) is 8.71. The standard InChI is InChI=1S/C26H20N2O.C18H24NSi.Ir/c1-16(2)28-22-13-11-17-7-3-4-8-19(17)25(22)27-26(28)18-12-14-24-21(15-18)20-9-5-6-10-23(20)29-24;1-14(2)11-16-12-17(15-9-7-6-8-10-15)19-13-18(16)20(3,4)5;/h3-11,13-16,26H,1-2H3;6-9,12-14H,11H2,1-5H3;/q-2;-1;+3. The van der Waals surface area contributed by atoms with E-state index in [1.807, 2.05) is 36.4 Å². The fourth-order valence-corrected chi connectivity index (χ4v) is 8.59. The van der Waals surface area contributed by atoms with E-state index in [2.05, 4.69) is 142 Å². The SMILES string of the molecule is CC(C)Cc1cc(-c2[c-]cccc2)ncc1[Si](C)(C)C.CC(C)N1c2ccc3ccccc3c2[N-]C1c1[c-]cc2oc3ccccc3c2c1.[Ir+3]. The third-order valence-corrected chi connectivity index (χ3v) is 11.3. The summed E-state index contributed by atoms with van der Waals surface area (Å²) in [6.45, 7) is 16.2. The molecule has 6 heteroatoms. The fraction of sp³-hybridized carbons (Fsp3) is 0.250. The van der Waals surface area contributed by atoms with Crippen molar-refractivity contribution in [2.45, 2.75) is 66.0 Å². The molecule has 0 saturated carbocycles. The Hall–Kier alpha value is -4.22.